The van der Waals surface area contributed by atoms with Crippen molar-refractivity contribution in [3.8, 4) is 0 Å². The second kappa shape index (κ2) is 6.85. The topological polar surface area (TPSA) is 12.4 Å². The highest BCUT2D eigenvalue weighted by Crippen LogP contribution is 2.11. The summed E-state index contributed by atoms with van der Waals surface area (Å²) >= 11 is 0. The zero-order chi connectivity index (χ0) is 14.4. The molecule has 0 saturated heterocycles. The molecular formula is C19H21N. The summed E-state index contributed by atoms with van der Waals surface area (Å²) in [6, 6.07) is 10.3. The van der Waals surface area contributed by atoms with Crippen LogP contribution in [-0.2, 0) is 0 Å². The zero-order valence-electron chi connectivity index (χ0n) is 12.4. The molecule has 1 aromatic carbocycles. The predicted octanol–water partition coefficient (Wildman–Crippen LogP) is 5.09. The first-order chi connectivity index (χ1) is 9.65. The van der Waals surface area contributed by atoms with Gasteiger partial charge in [0.1, 0.15) is 0 Å². The largest absolute Gasteiger partial charge is 0.256 e. The third-order valence-corrected chi connectivity index (χ3v) is 3.17. The molecule has 1 unspecified atom stereocenters. The highest BCUT2D eigenvalue weighted by atomic mass is 14.7. The molecule has 1 atom stereocenters. The van der Waals surface area contributed by atoms with Crippen molar-refractivity contribution in [2.75, 3.05) is 0 Å². The summed E-state index contributed by atoms with van der Waals surface area (Å²) in [4.78, 5) is 4.65. The maximum atomic E-state index is 4.65. The normalized spacial score (nSPS) is 23.9. The molecule has 0 fully saturated rings. The van der Waals surface area contributed by atoms with Gasteiger partial charge in [0.2, 0.25) is 0 Å². The first-order valence-electron chi connectivity index (χ1n) is 7.00. The van der Waals surface area contributed by atoms with E-state index in [4.69, 9.17) is 0 Å². The Bertz CT molecular complexity index is 598. The van der Waals surface area contributed by atoms with Crippen molar-refractivity contribution >= 4 is 5.71 Å². The van der Waals surface area contributed by atoms with Crippen molar-refractivity contribution in [2.24, 2.45) is 10.9 Å². The van der Waals surface area contributed by atoms with Crippen LogP contribution in [0.2, 0.25) is 0 Å². The minimum absolute atomic E-state index is 0.431. The van der Waals surface area contributed by atoms with Gasteiger partial charge in [0.25, 0.3) is 0 Å². The standard InChI is InChI=1S/C19H21N/c1-15-9-11-16(2)13-19(18-7-5-4-6-8-18)20-14-17(3)12-10-15/h4-15H,1-3H3/b11-9-,12-10?,16-13+,17-14?,20-19?. The van der Waals surface area contributed by atoms with Crippen molar-refractivity contribution in [3.63, 3.8) is 0 Å². The molecule has 1 nitrogen and oxygen atoms in total. The Labute approximate surface area is 121 Å². The molecule has 0 aromatic heterocycles. The molecule has 0 aliphatic carbocycles. The lowest BCUT2D eigenvalue weighted by Gasteiger charge is -2.02. The third kappa shape index (κ3) is 4.20. The average Bonchev–Trinajstić information content (AvgIpc) is 2.49. The monoisotopic (exact) mass is 263 g/mol. The third-order valence-electron chi connectivity index (χ3n) is 3.17. The Hall–Kier alpha value is -2.15. The lowest BCUT2D eigenvalue weighted by Crippen LogP contribution is -1.96. The van der Waals surface area contributed by atoms with Gasteiger partial charge in [-0.1, -0.05) is 61.6 Å². The van der Waals surface area contributed by atoms with E-state index < -0.39 is 0 Å². The van der Waals surface area contributed by atoms with E-state index in [0.29, 0.717) is 5.92 Å². The fraction of sp³-hybridized carbons (Fsp3) is 0.211. The second-order valence-corrected chi connectivity index (χ2v) is 5.22. The van der Waals surface area contributed by atoms with E-state index >= 15 is 0 Å². The number of rotatable bonds is 1. The molecule has 0 amide bonds. The molecule has 0 spiro atoms. The minimum atomic E-state index is 0.431. The van der Waals surface area contributed by atoms with E-state index in [0.717, 1.165) is 16.8 Å². The zero-order valence-corrected chi connectivity index (χ0v) is 12.4. The van der Waals surface area contributed by atoms with E-state index in [1.165, 1.54) is 5.57 Å². The van der Waals surface area contributed by atoms with Crippen LogP contribution < -0.4 is 0 Å². The van der Waals surface area contributed by atoms with E-state index in [1.807, 2.05) is 24.4 Å². The fourth-order valence-corrected chi connectivity index (χ4v) is 1.95. The summed E-state index contributed by atoms with van der Waals surface area (Å²) < 4.78 is 0. The van der Waals surface area contributed by atoms with Gasteiger partial charge in [0.15, 0.2) is 0 Å². The van der Waals surface area contributed by atoms with Crippen LogP contribution in [0.1, 0.15) is 26.3 Å². The molecule has 102 valence electrons. The fourth-order valence-electron chi connectivity index (χ4n) is 1.95. The first-order valence-corrected chi connectivity index (χ1v) is 7.00. The quantitative estimate of drug-likeness (QED) is 0.669. The van der Waals surface area contributed by atoms with Gasteiger partial charge in [-0.05, 0) is 37.0 Å². The lowest BCUT2D eigenvalue weighted by molar-refractivity contribution is 0.936. The van der Waals surface area contributed by atoms with Gasteiger partial charge in [0.05, 0.1) is 5.71 Å². The van der Waals surface area contributed by atoms with Gasteiger partial charge in [-0.3, -0.25) is 4.99 Å². The van der Waals surface area contributed by atoms with Gasteiger partial charge in [-0.2, -0.15) is 0 Å². The lowest BCUT2D eigenvalue weighted by atomic mass is 10.1. The molecule has 1 heterocycles. The Morgan fingerprint density at radius 3 is 2.25 bits per heavy atom. The number of hydrogen-bond donors (Lipinski definition) is 0. The number of benzene rings is 1. The van der Waals surface area contributed by atoms with Crippen LogP contribution in [0.15, 0.2) is 83.1 Å². The number of hydrogen-bond acceptors (Lipinski definition) is 1. The Balaban J connectivity index is 2.47. The first kappa shape index (κ1) is 14.3. The molecule has 20 heavy (non-hydrogen) atoms. The van der Waals surface area contributed by atoms with Crippen molar-refractivity contribution in [2.45, 2.75) is 20.8 Å². The molecule has 0 radical (unpaired) electrons. The van der Waals surface area contributed by atoms with Crippen LogP contribution in [0, 0.1) is 5.92 Å². The predicted molar refractivity (Wildman–Crippen MR) is 87.9 cm³/mol. The van der Waals surface area contributed by atoms with Crippen molar-refractivity contribution in [3.05, 3.63) is 83.6 Å². The number of nitrogens with zero attached hydrogens (tertiary/aromatic N) is 1. The molecule has 1 aliphatic rings. The van der Waals surface area contributed by atoms with E-state index in [9.17, 15) is 0 Å². The molecule has 0 bridgehead atoms. The van der Waals surface area contributed by atoms with Gasteiger partial charge in [0, 0.05) is 11.8 Å². The Kier molecular flexibility index (Phi) is 4.89. The van der Waals surface area contributed by atoms with Gasteiger partial charge < -0.3 is 0 Å². The number of allylic oxidation sites excluding steroid dienone is 7. The van der Waals surface area contributed by atoms with E-state index in [1.54, 1.807) is 0 Å². The highest BCUT2D eigenvalue weighted by Gasteiger charge is 2.00. The van der Waals surface area contributed by atoms with Crippen molar-refractivity contribution in [1.82, 2.24) is 0 Å². The van der Waals surface area contributed by atoms with Crippen LogP contribution in [0.25, 0.3) is 0 Å². The molecular weight excluding hydrogens is 242 g/mol. The van der Waals surface area contributed by atoms with E-state index in [2.05, 4.69) is 68.3 Å². The average molecular weight is 263 g/mol. The summed E-state index contributed by atoms with van der Waals surface area (Å²) in [5.41, 5.74) is 4.50. The van der Waals surface area contributed by atoms with Crippen LogP contribution >= 0.6 is 0 Å². The van der Waals surface area contributed by atoms with Crippen LogP contribution in [0.5, 0.6) is 0 Å². The molecule has 1 aromatic rings. The summed E-state index contributed by atoms with van der Waals surface area (Å²) in [5.74, 6) is 0.431. The van der Waals surface area contributed by atoms with E-state index in [-0.39, 0.29) is 0 Å². The smallest absolute Gasteiger partial charge is 0.0704 e. The van der Waals surface area contributed by atoms with Gasteiger partial charge in [-0.15, -0.1) is 0 Å². The molecule has 1 heteroatoms. The summed E-state index contributed by atoms with van der Waals surface area (Å²) in [6.07, 6.45) is 12.8. The Morgan fingerprint density at radius 2 is 1.55 bits per heavy atom. The van der Waals surface area contributed by atoms with Gasteiger partial charge >= 0.3 is 0 Å². The summed E-state index contributed by atoms with van der Waals surface area (Å²) in [6.45, 7) is 6.37. The van der Waals surface area contributed by atoms with Crippen LogP contribution in [0.3, 0.4) is 0 Å². The SMILES string of the molecule is CC1=CN=C(c2ccccc2)/C=C(C)/C=C\C(C)C=C1. The maximum Gasteiger partial charge on any atom is 0.0704 e. The van der Waals surface area contributed by atoms with Crippen molar-refractivity contribution in [1.29, 1.82) is 0 Å². The summed E-state index contributed by atoms with van der Waals surface area (Å²) in [7, 11) is 0. The van der Waals surface area contributed by atoms with Crippen molar-refractivity contribution < 1.29 is 0 Å². The van der Waals surface area contributed by atoms with Crippen LogP contribution in [-0.4, -0.2) is 5.71 Å². The molecule has 0 saturated carbocycles. The molecule has 1 aliphatic heterocycles. The highest BCUT2D eigenvalue weighted by molar-refractivity contribution is 6.09. The Morgan fingerprint density at radius 1 is 0.900 bits per heavy atom. The van der Waals surface area contributed by atoms with Crippen LogP contribution in [0.4, 0.5) is 0 Å². The molecule has 2 rings (SSSR count). The second-order valence-electron chi connectivity index (χ2n) is 5.22. The summed E-state index contributed by atoms with van der Waals surface area (Å²) in [5, 5.41) is 0. The van der Waals surface area contributed by atoms with Gasteiger partial charge in [-0.25, -0.2) is 0 Å². The number of aliphatic imine (C=N–C) groups is 1. The molecule has 0 N–H and O–H groups in total. The minimum Gasteiger partial charge on any atom is -0.256 e. The maximum absolute atomic E-state index is 4.65.